The van der Waals surface area contributed by atoms with E-state index < -0.39 is 13.7 Å². The zero-order chi connectivity index (χ0) is 33.5. The van der Waals surface area contributed by atoms with Gasteiger partial charge in [0.2, 0.25) is 5.91 Å². The van der Waals surface area contributed by atoms with Crippen molar-refractivity contribution in [3.63, 3.8) is 0 Å². The predicted molar refractivity (Wildman–Crippen MR) is 188 cm³/mol. The number of anilines is 1. The molecule has 0 spiro atoms. The van der Waals surface area contributed by atoms with Crippen molar-refractivity contribution in [2.45, 2.75) is 129 Å². The minimum Gasteiger partial charge on any atom is -0.489 e. The number of carbonyl (C=O) groups excluding carboxylic acids is 2. The minimum atomic E-state index is -1.27. The van der Waals surface area contributed by atoms with Crippen LogP contribution in [0.5, 0.6) is 5.75 Å². The summed E-state index contributed by atoms with van der Waals surface area (Å²) in [5.74, 6) is 2.11. The van der Waals surface area contributed by atoms with Gasteiger partial charge < -0.3 is 28.6 Å². The monoisotopic (exact) mass is 662 g/mol. The number of fused-ring (bicyclic) bond motifs is 1. The van der Waals surface area contributed by atoms with Crippen LogP contribution in [0.4, 0.5) is 10.5 Å². The molecule has 10 heteroatoms. The molecule has 1 aromatic carbocycles. The van der Waals surface area contributed by atoms with Crippen LogP contribution in [0, 0.1) is 5.92 Å². The van der Waals surface area contributed by atoms with Crippen molar-refractivity contribution >= 4 is 31.3 Å². The van der Waals surface area contributed by atoms with Gasteiger partial charge in [0.15, 0.2) is 0 Å². The summed E-state index contributed by atoms with van der Waals surface area (Å²) in [7, 11) is -1.27. The van der Waals surface area contributed by atoms with E-state index in [0.717, 1.165) is 84.2 Å². The van der Waals surface area contributed by atoms with Gasteiger partial charge in [0.25, 0.3) is 0 Å². The number of hydrogen-bond donors (Lipinski definition) is 0. The van der Waals surface area contributed by atoms with E-state index in [4.69, 9.17) is 19.2 Å². The molecule has 2 fully saturated rings. The van der Waals surface area contributed by atoms with E-state index in [1.165, 1.54) is 6.42 Å². The molecule has 2 aliphatic carbocycles. The number of nitrogens with zero attached hydrogens (tertiary/aromatic N) is 4. The number of ether oxygens (including phenoxy) is 3. The second kappa shape index (κ2) is 13.4. The first-order valence-electron chi connectivity index (χ1n) is 17.8. The first-order valence-corrected chi connectivity index (χ1v) is 21.5. The Morgan fingerprint density at radius 1 is 1.04 bits per heavy atom. The third kappa shape index (κ3) is 7.80. The lowest BCUT2D eigenvalue weighted by Crippen LogP contribution is -2.43. The summed E-state index contributed by atoms with van der Waals surface area (Å²) in [6.45, 7) is 17.1. The molecule has 0 saturated heterocycles. The third-order valence-corrected chi connectivity index (χ3v) is 11.5. The Bertz CT molecular complexity index is 1510. The first-order chi connectivity index (χ1) is 22.3. The van der Waals surface area contributed by atoms with Crippen LogP contribution in [0.3, 0.4) is 0 Å². The van der Waals surface area contributed by atoms with Gasteiger partial charge >= 0.3 is 6.09 Å². The van der Waals surface area contributed by atoms with Crippen molar-refractivity contribution in [1.29, 1.82) is 0 Å². The molecule has 4 aliphatic rings. The third-order valence-electron chi connectivity index (χ3n) is 9.75. The van der Waals surface area contributed by atoms with Crippen LogP contribution < -0.4 is 9.64 Å². The summed E-state index contributed by atoms with van der Waals surface area (Å²) in [5.41, 5.74) is 4.70. The van der Waals surface area contributed by atoms with Gasteiger partial charge in [-0.1, -0.05) is 25.7 Å². The maximum absolute atomic E-state index is 13.5. The largest absolute Gasteiger partial charge is 0.489 e. The molecule has 2 aromatic rings. The fourth-order valence-corrected chi connectivity index (χ4v) is 7.30. The van der Waals surface area contributed by atoms with Gasteiger partial charge in [-0.2, -0.15) is 0 Å². The summed E-state index contributed by atoms with van der Waals surface area (Å²) in [6.07, 6.45) is 11.7. The highest BCUT2D eigenvalue weighted by molar-refractivity contribution is 6.76. The van der Waals surface area contributed by atoms with Crippen LogP contribution in [0.1, 0.15) is 83.9 Å². The second-order valence-electron chi connectivity index (χ2n) is 16.1. The molecule has 9 nitrogen and oxygen atoms in total. The zero-order valence-corrected chi connectivity index (χ0v) is 30.6. The Kier molecular flexibility index (Phi) is 9.64. The highest BCUT2D eigenvalue weighted by atomic mass is 28.3. The molecular weight excluding hydrogens is 609 g/mol. The van der Waals surface area contributed by atoms with Crippen molar-refractivity contribution in [3.8, 4) is 17.1 Å². The predicted octanol–water partition coefficient (Wildman–Crippen LogP) is 7.90. The van der Waals surface area contributed by atoms with Crippen LogP contribution >= 0.6 is 0 Å². The average molecular weight is 663 g/mol. The lowest BCUT2D eigenvalue weighted by atomic mass is 9.91. The number of carbonyl (C=O) groups is 2. The maximum atomic E-state index is 13.5. The highest BCUT2D eigenvalue weighted by Gasteiger charge is 2.40. The summed E-state index contributed by atoms with van der Waals surface area (Å²) >= 11 is 0. The topological polar surface area (TPSA) is 86.1 Å². The van der Waals surface area contributed by atoms with Gasteiger partial charge in [-0.25, -0.2) is 9.78 Å². The van der Waals surface area contributed by atoms with Crippen LogP contribution in [-0.2, 0) is 27.4 Å². The van der Waals surface area contributed by atoms with E-state index in [2.05, 4.69) is 54.2 Å². The van der Waals surface area contributed by atoms with E-state index in [-0.39, 0.29) is 30.1 Å². The normalized spacial score (nSPS) is 20.4. The lowest BCUT2D eigenvalue weighted by molar-refractivity contribution is -0.120. The van der Waals surface area contributed by atoms with Crippen LogP contribution in [0.2, 0.25) is 25.7 Å². The molecule has 6 rings (SSSR count). The number of rotatable bonds is 10. The fraction of sp³-hybridized carbons (Fsp3) is 0.649. The van der Waals surface area contributed by atoms with Crippen LogP contribution in [-0.4, -0.2) is 72.0 Å². The van der Waals surface area contributed by atoms with Crippen LogP contribution in [0.25, 0.3) is 17.0 Å². The molecule has 0 unspecified atom stereocenters. The molecule has 0 bridgehead atoms. The Hall–Kier alpha value is -3.11. The SMILES string of the molecule is C[C@H]1CCc2c(ccc(-c3ncc(C4=CCN(C(=O)OC(C)(C)C)CC4)n3COCC[Si](C)(C)C)c2OC2CCC2)N1C(=O)C1CC1. The Morgan fingerprint density at radius 2 is 1.81 bits per heavy atom. The van der Waals surface area contributed by atoms with E-state index in [9.17, 15) is 9.59 Å². The van der Waals surface area contributed by atoms with Gasteiger partial charge in [-0.15, -0.1) is 0 Å². The molecule has 2 aliphatic heterocycles. The Balaban J connectivity index is 1.36. The van der Waals surface area contributed by atoms with Crippen molar-refractivity contribution in [2.24, 2.45) is 5.92 Å². The molecule has 1 atom stereocenters. The van der Waals surface area contributed by atoms with E-state index in [1.54, 1.807) is 4.90 Å². The minimum absolute atomic E-state index is 0.156. The van der Waals surface area contributed by atoms with Gasteiger partial charge in [-0.3, -0.25) is 4.79 Å². The molecule has 2 saturated carbocycles. The average Bonchev–Trinajstić information content (AvgIpc) is 3.75. The summed E-state index contributed by atoms with van der Waals surface area (Å²) in [5, 5.41) is 0. The van der Waals surface area contributed by atoms with E-state index in [1.807, 2.05) is 27.0 Å². The second-order valence-corrected chi connectivity index (χ2v) is 21.8. The number of imidazole rings is 1. The zero-order valence-electron chi connectivity index (χ0n) is 29.6. The number of aromatic nitrogens is 2. The molecule has 3 heterocycles. The molecule has 256 valence electrons. The quantitative estimate of drug-likeness (QED) is 0.190. The molecule has 47 heavy (non-hydrogen) atoms. The van der Waals surface area contributed by atoms with Gasteiger partial charge in [0.05, 0.1) is 29.2 Å². The van der Waals surface area contributed by atoms with E-state index >= 15 is 0 Å². The van der Waals surface area contributed by atoms with Crippen molar-refractivity contribution in [1.82, 2.24) is 14.5 Å². The first kappa shape index (κ1) is 33.8. The van der Waals surface area contributed by atoms with E-state index in [0.29, 0.717) is 32.8 Å². The summed E-state index contributed by atoms with van der Waals surface area (Å²) in [4.78, 5) is 35.1. The Morgan fingerprint density at radius 3 is 2.43 bits per heavy atom. The maximum Gasteiger partial charge on any atom is 0.410 e. The number of amides is 2. The number of benzene rings is 1. The van der Waals surface area contributed by atoms with Crippen molar-refractivity contribution in [3.05, 3.63) is 35.7 Å². The van der Waals surface area contributed by atoms with Gasteiger partial charge in [-0.05, 0) is 103 Å². The Labute approximate surface area is 281 Å². The number of hydrogen-bond acceptors (Lipinski definition) is 6. The smallest absolute Gasteiger partial charge is 0.410 e. The van der Waals surface area contributed by atoms with Gasteiger partial charge in [0.1, 0.15) is 23.9 Å². The standard InChI is InChI=1S/C37H54N4O5Si/c1-25-11-14-29-31(41(25)35(42)27-12-13-27)16-15-30(33(29)45-28-9-8-10-28)34-38-23-32(40(34)24-44-21-22-47(5,6)7)26-17-19-39(20-18-26)36(43)46-37(2,3)4/h15-17,23,25,27-28H,8-14,18-22,24H2,1-7H3/t25-/m0/s1. The molecule has 2 amide bonds. The highest BCUT2D eigenvalue weighted by Crippen LogP contribution is 2.46. The molecule has 1 aromatic heterocycles. The van der Waals surface area contributed by atoms with Crippen LogP contribution in [0.15, 0.2) is 24.4 Å². The van der Waals surface area contributed by atoms with Gasteiger partial charge in [0, 0.05) is 45.3 Å². The fourth-order valence-electron chi connectivity index (χ4n) is 6.54. The molecular formula is C37H54N4O5Si. The molecule has 0 radical (unpaired) electrons. The molecule has 0 N–H and O–H groups in total. The summed E-state index contributed by atoms with van der Waals surface area (Å²) in [6, 6.07) is 5.49. The van der Waals surface area contributed by atoms with Crippen molar-refractivity contribution < 1.29 is 23.8 Å². The summed E-state index contributed by atoms with van der Waals surface area (Å²) < 4.78 is 21.0. The lowest BCUT2D eigenvalue weighted by Gasteiger charge is -2.38. The van der Waals surface area contributed by atoms with Crippen molar-refractivity contribution in [2.75, 3.05) is 24.6 Å².